The first-order valence-corrected chi connectivity index (χ1v) is 6.37. The predicted molar refractivity (Wildman–Crippen MR) is 73.1 cm³/mol. The highest BCUT2D eigenvalue weighted by Crippen LogP contribution is 2.19. The number of hydrogen-bond donors (Lipinski definition) is 0. The summed E-state index contributed by atoms with van der Waals surface area (Å²) in [4.78, 5) is 9.85. The Morgan fingerprint density at radius 2 is 2.06 bits per heavy atom. The van der Waals surface area contributed by atoms with Crippen LogP contribution in [0.3, 0.4) is 0 Å². The molecule has 2 aromatic heterocycles. The minimum Gasteiger partial charge on any atom is -0.357 e. The molecule has 0 unspecified atom stereocenters. The summed E-state index contributed by atoms with van der Waals surface area (Å²) in [6.45, 7) is 0.704. The number of pyridine rings is 2. The summed E-state index contributed by atoms with van der Waals surface area (Å²) in [5.74, 6) is 0.0499. The van der Waals surface area contributed by atoms with Crippen LogP contribution in [0.4, 0.5) is 10.2 Å². The van der Waals surface area contributed by atoms with Gasteiger partial charge in [0.1, 0.15) is 0 Å². The lowest BCUT2D eigenvalue weighted by molar-refractivity contribution is 0.613. The quantitative estimate of drug-likeness (QED) is 0.869. The molecule has 18 heavy (non-hydrogen) atoms. The Bertz CT molecular complexity index is 519. The van der Waals surface area contributed by atoms with E-state index in [0.717, 1.165) is 6.42 Å². The van der Waals surface area contributed by atoms with Crippen LogP contribution in [0.25, 0.3) is 0 Å². The zero-order valence-electron chi connectivity index (χ0n) is 9.98. The first-order chi connectivity index (χ1) is 8.66. The Balaban J connectivity index is 2.01. The summed E-state index contributed by atoms with van der Waals surface area (Å²) in [6.07, 6.45) is 5.94. The highest BCUT2D eigenvalue weighted by Gasteiger charge is 2.09. The van der Waals surface area contributed by atoms with Gasteiger partial charge in [0.2, 0.25) is 0 Å². The third-order valence-electron chi connectivity index (χ3n) is 2.64. The van der Waals surface area contributed by atoms with Gasteiger partial charge in [0.25, 0.3) is 0 Å². The van der Waals surface area contributed by atoms with Crippen LogP contribution in [-0.2, 0) is 6.42 Å². The van der Waals surface area contributed by atoms with E-state index in [4.69, 9.17) is 0 Å². The van der Waals surface area contributed by atoms with Gasteiger partial charge in [-0.25, -0.2) is 9.37 Å². The molecule has 94 valence electrons. The van der Waals surface area contributed by atoms with Crippen LogP contribution in [0.2, 0.25) is 0 Å². The van der Waals surface area contributed by atoms with Gasteiger partial charge in [-0.05, 0) is 46.1 Å². The number of rotatable bonds is 4. The summed E-state index contributed by atoms with van der Waals surface area (Å²) >= 11 is 3.19. The Morgan fingerprint density at radius 3 is 2.72 bits per heavy atom. The van der Waals surface area contributed by atoms with Crippen LogP contribution >= 0.6 is 15.9 Å². The highest BCUT2D eigenvalue weighted by molar-refractivity contribution is 9.10. The van der Waals surface area contributed by atoms with E-state index < -0.39 is 0 Å². The third kappa shape index (κ3) is 3.26. The molecule has 0 spiro atoms. The largest absolute Gasteiger partial charge is 0.357 e. The Labute approximate surface area is 114 Å². The SMILES string of the molecule is CN(CCc1ccncc1)c1ncc(Br)cc1F. The van der Waals surface area contributed by atoms with Crippen LogP contribution in [0.15, 0.2) is 41.3 Å². The van der Waals surface area contributed by atoms with E-state index in [1.165, 1.54) is 11.6 Å². The smallest absolute Gasteiger partial charge is 0.166 e. The molecule has 0 aliphatic rings. The molecular formula is C13H13BrFN3. The fourth-order valence-corrected chi connectivity index (χ4v) is 1.94. The number of likely N-dealkylation sites (N-methyl/N-ethyl adjacent to an activating group) is 1. The molecule has 0 atom stereocenters. The van der Waals surface area contributed by atoms with E-state index in [1.54, 1.807) is 18.6 Å². The topological polar surface area (TPSA) is 29.0 Å². The van der Waals surface area contributed by atoms with Crippen molar-refractivity contribution in [2.24, 2.45) is 0 Å². The van der Waals surface area contributed by atoms with E-state index >= 15 is 0 Å². The lowest BCUT2D eigenvalue weighted by atomic mass is 10.2. The minimum absolute atomic E-state index is 0.318. The van der Waals surface area contributed by atoms with Gasteiger partial charge in [0, 0.05) is 36.7 Å². The summed E-state index contributed by atoms with van der Waals surface area (Å²) < 4.78 is 14.3. The maximum atomic E-state index is 13.7. The van der Waals surface area contributed by atoms with Crippen LogP contribution in [0.5, 0.6) is 0 Å². The van der Waals surface area contributed by atoms with Crippen LogP contribution < -0.4 is 4.90 Å². The highest BCUT2D eigenvalue weighted by atomic mass is 79.9. The molecule has 0 radical (unpaired) electrons. The van der Waals surface area contributed by atoms with Gasteiger partial charge >= 0.3 is 0 Å². The maximum absolute atomic E-state index is 13.7. The Morgan fingerprint density at radius 1 is 1.33 bits per heavy atom. The number of nitrogens with zero attached hydrogens (tertiary/aromatic N) is 3. The van der Waals surface area contributed by atoms with Gasteiger partial charge in [0.15, 0.2) is 11.6 Å². The molecule has 0 saturated carbocycles. The summed E-state index contributed by atoms with van der Waals surface area (Å²) in [6, 6.07) is 5.34. The van der Waals surface area contributed by atoms with Gasteiger partial charge < -0.3 is 4.90 Å². The molecule has 2 rings (SSSR count). The van der Waals surface area contributed by atoms with Gasteiger partial charge in [0.05, 0.1) is 0 Å². The summed E-state index contributed by atoms with van der Waals surface area (Å²) in [7, 11) is 1.83. The van der Waals surface area contributed by atoms with E-state index in [-0.39, 0.29) is 5.82 Å². The van der Waals surface area contributed by atoms with Crippen molar-refractivity contribution in [3.8, 4) is 0 Å². The lowest BCUT2D eigenvalue weighted by Gasteiger charge is -2.18. The van der Waals surface area contributed by atoms with Gasteiger partial charge in [-0.2, -0.15) is 0 Å². The standard InChI is InChI=1S/C13H13BrFN3/c1-18(7-4-10-2-5-16-6-3-10)13-12(15)8-11(14)9-17-13/h2-3,5-6,8-9H,4,7H2,1H3. The average Bonchev–Trinajstić information content (AvgIpc) is 2.37. The molecule has 0 amide bonds. The summed E-state index contributed by atoms with van der Waals surface area (Å²) in [5.41, 5.74) is 1.18. The van der Waals surface area contributed by atoms with E-state index in [2.05, 4.69) is 25.9 Å². The van der Waals surface area contributed by atoms with Crippen LogP contribution in [0.1, 0.15) is 5.56 Å². The minimum atomic E-state index is -0.318. The number of hydrogen-bond acceptors (Lipinski definition) is 3. The lowest BCUT2D eigenvalue weighted by Crippen LogP contribution is -2.22. The van der Waals surface area contributed by atoms with Crippen molar-refractivity contribution < 1.29 is 4.39 Å². The van der Waals surface area contributed by atoms with Gasteiger partial charge in [-0.1, -0.05) is 0 Å². The number of anilines is 1. The first kappa shape index (κ1) is 13.0. The second-order valence-electron chi connectivity index (χ2n) is 3.99. The van der Waals surface area contributed by atoms with Crippen molar-refractivity contribution in [2.75, 3.05) is 18.5 Å². The zero-order chi connectivity index (χ0) is 13.0. The van der Waals surface area contributed by atoms with Crippen molar-refractivity contribution >= 4 is 21.7 Å². The van der Waals surface area contributed by atoms with Crippen molar-refractivity contribution in [1.29, 1.82) is 0 Å². The van der Waals surface area contributed by atoms with Crippen molar-refractivity contribution in [2.45, 2.75) is 6.42 Å². The Kier molecular flexibility index (Phi) is 4.25. The molecule has 0 fully saturated rings. The molecular weight excluding hydrogens is 297 g/mol. The van der Waals surface area contributed by atoms with Crippen molar-refractivity contribution in [3.05, 3.63) is 52.6 Å². The second-order valence-corrected chi connectivity index (χ2v) is 4.90. The molecule has 0 aliphatic carbocycles. The van der Waals surface area contributed by atoms with Crippen LogP contribution in [-0.4, -0.2) is 23.6 Å². The third-order valence-corrected chi connectivity index (χ3v) is 3.07. The van der Waals surface area contributed by atoms with Gasteiger partial charge in [-0.3, -0.25) is 4.98 Å². The van der Waals surface area contributed by atoms with Crippen molar-refractivity contribution in [3.63, 3.8) is 0 Å². The summed E-state index contributed by atoms with van der Waals surface area (Å²) in [5, 5.41) is 0. The molecule has 2 heterocycles. The van der Waals surface area contributed by atoms with E-state index in [9.17, 15) is 4.39 Å². The van der Waals surface area contributed by atoms with Gasteiger partial charge in [-0.15, -0.1) is 0 Å². The molecule has 2 aromatic rings. The molecule has 5 heteroatoms. The Hall–Kier alpha value is -1.49. The molecule has 0 saturated heterocycles. The zero-order valence-corrected chi connectivity index (χ0v) is 11.6. The fraction of sp³-hybridized carbons (Fsp3) is 0.231. The fourth-order valence-electron chi connectivity index (χ4n) is 1.64. The number of halogens is 2. The monoisotopic (exact) mass is 309 g/mol. The maximum Gasteiger partial charge on any atom is 0.166 e. The normalized spacial score (nSPS) is 10.4. The molecule has 0 aromatic carbocycles. The first-order valence-electron chi connectivity index (χ1n) is 5.58. The van der Waals surface area contributed by atoms with E-state index in [1.807, 2.05) is 24.1 Å². The van der Waals surface area contributed by atoms with E-state index in [0.29, 0.717) is 16.8 Å². The van der Waals surface area contributed by atoms with Crippen LogP contribution in [0, 0.1) is 5.82 Å². The predicted octanol–water partition coefficient (Wildman–Crippen LogP) is 3.06. The molecule has 0 N–H and O–H groups in total. The average molecular weight is 310 g/mol. The molecule has 3 nitrogen and oxygen atoms in total. The second kappa shape index (κ2) is 5.91. The molecule has 0 aliphatic heterocycles. The van der Waals surface area contributed by atoms with Crippen molar-refractivity contribution in [1.82, 2.24) is 9.97 Å². The molecule has 0 bridgehead atoms. The number of aromatic nitrogens is 2.